The van der Waals surface area contributed by atoms with Crippen LogP contribution in [0.5, 0.6) is 11.5 Å². The second kappa shape index (κ2) is 5.19. The third-order valence-corrected chi connectivity index (χ3v) is 2.70. The Morgan fingerprint density at radius 3 is 2.41 bits per heavy atom. The average molecular weight is 251 g/mol. The molecule has 0 aliphatic carbocycles. The summed E-state index contributed by atoms with van der Waals surface area (Å²) in [5, 5.41) is 0.624. The monoisotopic (exact) mass is 250 g/mol. The van der Waals surface area contributed by atoms with Crippen LogP contribution in [0, 0.1) is 5.82 Å². The lowest BCUT2D eigenvalue weighted by Crippen LogP contribution is -1.90. The van der Waals surface area contributed by atoms with E-state index in [0.29, 0.717) is 10.8 Å². The molecule has 88 valence electrons. The summed E-state index contributed by atoms with van der Waals surface area (Å²) in [5.41, 5.74) is 0.950. The Balaban J connectivity index is 2.21. The fourth-order valence-electron chi connectivity index (χ4n) is 1.48. The maximum absolute atomic E-state index is 13.7. The fourth-order valence-corrected chi connectivity index (χ4v) is 1.60. The van der Waals surface area contributed by atoms with Gasteiger partial charge < -0.3 is 4.74 Å². The van der Waals surface area contributed by atoms with Crippen molar-refractivity contribution < 1.29 is 9.13 Å². The van der Waals surface area contributed by atoms with E-state index in [4.69, 9.17) is 16.3 Å². The van der Waals surface area contributed by atoms with Crippen LogP contribution in [-0.4, -0.2) is 0 Å². The van der Waals surface area contributed by atoms with Crippen LogP contribution in [0.15, 0.2) is 42.5 Å². The molecule has 17 heavy (non-hydrogen) atoms. The number of aryl methyl sites for hydroxylation is 1. The molecule has 0 saturated heterocycles. The summed E-state index contributed by atoms with van der Waals surface area (Å²) in [6.45, 7) is 1.98. The molecule has 0 fully saturated rings. The number of halogens is 2. The molecule has 0 saturated carbocycles. The van der Waals surface area contributed by atoms with Gasteiger partial charge in [0, 0.05) is 5.02 Å². The van der Waals surface area contributed by atoms with Gasteiger partial charge in [-0.25, -0.2) is 4.39 Å². The lowest BCUT2D eigenvalue weighted by atomic mass is 10.1. The third-order valence-electron chi connectivity index (χ3n) is 2.45. The summed E-state index contributed by atoms with van der Waals surface area (Å²) in [4.78, 5) is 0. The third kappa shape index (κ3) is 2.98. The zero-order chi connectivity index (χ0) is 12.3. The summed E-state index contributed by atoms with van der Waals surface area (Å²) < 4.78 is 19.1. The number of ether oxygens (including phenoxy) is 1. The van der Waals surface area contributed by atoms with Gasteiger partial charge in [-0.3, -0.25) is 0 Å². The highest BCUT2D eigenvalue weighted by molar-refractivity contribution is 6.30. The first-order valence-electron chi connectivity index (χ1n) is 5.41. The molecule has 0 aromatic heterocycles. The van der Waals surface area contributed by atoms with Crippen molar-refractivity contribution >= 4 is 11.6 Å². The van der Waals surface area contributed by atoms with E-state index in [1.807, 2.05) is 13.0 Å². The van der Waals surface area contributed by atoms with E-state index in [9.17, 15) is 4.39 Å². The molecule has 0 bridgehead atoms. The van der Waals surface area contributed by atoms with Crippen molar-refractivity contribution in [3.05, 3.63) is 58.9 Å². The molecule has 0 amide bonds. The summed E-state index contributed by atoms with van der Waals surface area (Å²) >= 11 is 5.76. The lowest BCUT2D eigenvalue weighted by Gasteiger charge is -2.07. The molecular formula is C14H12ClFO. The smallest absolute Gasteiger partial charge is 0.165 e. The first-order chi connectivity index (χ1) is 8.19. The van der Waals surface area contributed by atoms with E-state index in [2.05, 4.69) is 0 Å². The van der Waals surface area contributed by atoms with E-state index < -0.39 is 0 Å². The van der Waals surface area contributed by atoms with E-state index in [0.717, 1.165) is 12.0 Å². The van der Waals surface area contributed by atoms with E-state index in [1.165, 1.54) is 6.07 Å². The summed E-state index contributed by atoms with van der Waals surface area (Å²) in [6, 6.07) is 11.8. The second-order valence-corrected chi connectivity index (χ2v) is 4.11. The van der Waals surface area contributed by atoms with Crippen molar-refractivity contribution in [2.75, 3.05) is 0 Å². The zero-order valence-electron chi connectivity index (χ0n) is 9.41. The quantitative estimate of drug-likeness (QED) is 0.758. The second-order valence-electron chi connectivity index (χ2n) is 3.67. The van der Waals surface area contributed by atoms with Crippen LogP contribution < -0.4 is 4.74 Å². The Morgan fingerprint density at radius 2 is 1.82 bits per heavy atom. The van der Waals surface area contributed by atoms with Crippen LogP contribution in [0.2, 0.25) is 5.02 Å². The van der Waals surface area contributed by atoms with Crippen molar-refractivity contribution in [3.63, 3.8) is 0 Å². The Kier molecular flexibility index (Phi) is 3.64. The average Bonchev–Trinajstić information content (AvgIpc) is 2.34. The minimum absolute atomic E-state index is 0.226. The molecule has 0 spiro atoms. The summed E-state index contributed by atoms with van der Waals surface area (Å²) in [7, 11) is 0. The van der Waals surface area contributed by atoms with Gasteiger partial charge in [-0.05, 0) is 48.4 Å². The Morgan fingerprint density at radius 1 is 1.12 bits per heavy atom. The van der Waals surface area contributed by atoms with Gasteiger partial charge in [0.05, 0.1) is 0 Å². The SMILES string of the molecule is CCc1ccc(Oc2ccc(Cl)cc2)c(F)c1. The van der Waals surface area contributed by atoms with Gasteiger partial charge in [0.2, 0.25) is 0 Å². The number of hydrogen-bond donors (Lipinski definition) is 0. The van der Waals surface area contributed by atoms with E-state index in [-0.39, 0.29) is 11.6 Å². The largest absolute Gasteiger partial charge is 0.454 e. The molecule has 3 heteroatoms. The first kappa shape index (κ1) is 11.9. The molecule has 0 radical (unpaired) electrons. The lowest BCUT2D eigenvalue weighted by molar-refractivity contribution is 0.442. The van der Waals surface area contributed by atoms with Crippen LogP contribution in [0.4, 0.5) is 4.39 Å². The Hall–Kier alpha value is -1.54. The highest BCUT2D eigenvalue weighted by Gasteiger charge is 2.05. The minimum atomic E-state index is -0.348. The topological polar surface area (TPSA) is 9.23 Å². The van der Waals surface area contributed by atoms with Gasteiger partial charge in [-0.1, -0.05) is 24.6 Å². The highest BCUT2D eigenvalue weighted by atomic mass is 35.5. The molecule has 0 heterocycles. The van der Waals surface area contributed by atoms with Crippen LogP contribution in [-0.2, 0) is 6.42 Å². The van der Waals surface area contributed by atoms with Crippen LogP contribution >= 0.6 is 11.6 Å². The first-order valence-corrected chi connectivity index (χ1v) is 5.78. The van der Waals surface area contributed by atoms with Gasteiger partial charge in [-0.2, -0.15) is 0 Å². The van der Waals surface area contributed by atoms with Gasteiger partial charge in [0.15, 0.2) is 11.6 Å². The normalized spacial score (nSPS) is 10.3. The molecule has 0 atom stereocenters. The molecule has 2 aromatic carbocycles. The fraction of sp³-hybridized carbons (Fsp3) is 0.143. The van der Waals surface area contributed by atoms with Gasteiger partial charge >= 0.3 is 0 Å². The van der Waals surface area contributed by atoms with Crippen molar-refractivity contribution in [1.82, 2.24) is 0 Å². The molecule has 0 aliphatic rings. The van der Waals surface area contributed by atoms with Gasteiger partial charge in [0.1, 0.15) is 5.75 Å². The number of rotatable bonds is 3. The standard InChI is InChI=1S/C14H12ClFO/c1-2-10-3-8-14(13(16)9-10)17-12-6-4-11(15)5-7-12/h3-9H,2H2,1H3. The van der Waals surface area contributed by atoms with Crippen molar-refractivity contribution in [3.8, 4) is 11.5 Å². The molecular weight excluding hydrogens is 239 g/mol. The molecule has 0 N–H and O–H groups in total. The van der Waals surface area contributed by atoms with E-state index >= 15 is 0 Å². The summed E-state index contributed by atoms with van der Waals surface area (Å²) in [5.74, 6) is 0.446. The Bertz CT molecular complexity index is 508. The van der Waals surface area contributed by atoms with Gasteiger partial charge in [-0.15, -0.1) is 0 Å². The molecule has 2 rings (SSSR count). The summed E-state index contributed by atoms with van der Waals surface area (Å²) in [6.07, 6.45) is 0.804. The molecule has 2 aromatic rings. The predicted molar refractivity (Wildman–Crippen MR) is 67.3 cm³/mol. The van der Waals surface area contributed by atoms with Crippen molar-refractivity contribution in [2.24, 2.45) is 0 Å². The highest BCUT2D eigenvalue weighted by Crippen LogP contribution is 2.26. The number of hydrogen-bond acceptors (Lipinski definition) is 1. The maximum atomic E-state index is 13.7. The van der Waals surface area contributed by atoms with E-state index in [1.54, 1.807) is 30.3 Å². The number of benzene rings is 2. The Labute approximate surface area is 105 Å². The van der Waals surface area contributed by atoms with Gasteiger partial charge in [0.25, 0.3) is 0 Å². The van der Waals surface area contributed by atoms with Crippen molar-refractivity contribution in [1.29, 1.82) is 0 Å². The van der Waals surface area contributed by atoms with Crippen molar-refractivity contribution in [2.45, 2.75) is 13.3 Å². The molecule has 1 nitrogen and oxygen atoms in total. The van der Waals surface area contributed by atoms with Crippen LogP contribution in [0.25, 0.3) is 0 Å². The predicted octanol–water partition coefficient (Wildman–Crippen LogP) is 4.83. The maximum Gasteiger partial charge on any atom is 0.165 e. The zero-order valence-corrected chi connectivity index (χ0v) is 10.2. The minimum Gasteiger partial charge on any atom is -0.454 e. The van der Waals surface area contributed by atoms with Crippen LogP contribution in [0.1, 0.15) is 12.5 Å². The molecule has 0 aliphatic heterocycles. The van der Waals surface area contributed by atoms with Crippen LogP contribution in [0.3, 0.4) is 0 Å². The molecule has 0 unspecified atom stereocenters.